The molecule has 2 rings (SSSR count). The highest BCUT2D eigenvalue weighted by atomic mass is 16.4. The molecule has 1 aromatic rings. The molecule has 1 heterocycles. The van der Waals surface area contributed by atoms with Gasteiger partial charge in [0.05, 0.1) is 5.41 Å². The van der Waals surface area contributed by atoms with Crippen molar-refractivity contribution in [2.75, 3.05) is 0 Å². The Kier molecular flexibility index (Phi) is 4.22. The second-order valence-corrected chi connectivity index (χ2v) is 5.58. The van der Waals surface area contributed by atoms with Crippen LogP contribution in [0.25, 0.3) is 0 Å². The van der Waals surface area contributed by atoms with Crippen LogP contribution in [0.4, 0.5) is 0 Å². The zero-order valence-electron chi connectivity index (χ0n) is 11.9. The van der Waals surface area contributed by atoms with Crippen LogP contribution in [0.2, 0.25) is 0 Å². The molecule has 1 fully saturated rings. The molecule has 1 aromatic heterocycles. The number of carbonyl (C=O) groups is 1. The van der Waals surface area contributed by atoms with Crippen molar-refractivity contribution < 1.29 is 9.90 Å². The Bertz CT molecular complexity index is 446. The van der Waals surface area contributed by atoms with Crippen molar-refractivity contribution in [1.29, 1.82) is 0 Å². The number of carboxylic acid groups (broad SMARTS) is 1. The van der Waals surface area contributed by atoms with Gasteiger partial charge in [-0.15, -0.1) is 10.2 Å². The van der Waals surface area contributed by atoms with Crippen molar-refractivity contribution in [2.45, 2.75) is 65.3 Å². The molecule has 0 amide bonds. The molecule has 0 unspecified atom stereocenters. The van der Waals surface area contributed by atoms with E-state index >= 15 is 0 Å². The molecular formula is C14H23N3O2. The van der Waals surface area contributed by atoms with Gasteiger partial charge in [0.15, 0.2) is 0 Å². The van der Waals surface area contributed by atoms with Crippen LogP contribution >= 0.6 is 0 Å². The Morgan fingerprint density at radius 2 is 1.89 bits per heavy atom. The molecule has 0 spiro atoms. The van der Waals surface area contributed by atoms with E-state index in [9.17, 15) is 9.90 Å². The molecule has 1 N–H and O–H groups in total. The van der Waals surface area contributed by atoms with E-state index in [4.69, 9.17) is 0 Å². The molecule has 1 aliphatic carbocycles. The minimum atomic E-state index is -0.669. The normalized spacial score (nSPS) is 19.1. The molecule has 5 heteroatoms. The summed E-state index contributed by atoms with van der Waals surface area (Å²) in [5, 5.41) is 18.0. The second kappa shape index (κ2) is 5.72. The molecule has 0 bridgehead atoms. The van der Waals surface area contributed by atoms with Crippen LogP contribution in [-0.4, -0.2) is 25.8 Å². The molecular weight excluding hydrogens is 242 g/mol. The number of rotatable bonds is 4. The van der Waals surface area contributed by atoms with Crippen molar-refractivity contribution in [1.82, 2.24) is 14.8 Å². The van der Waals surface area contributed by atoms with Gasteiger partial charge in [0.25, 0.3) is 0 Å². The molecule has 0 aliphatic heterocycles. The van der Waals surface area contributed by atoms with Crippen LogP contribution in [0.3, 0.4) is 0 Å². The SMILES string of the molecule is CCn1c(C)nnc1CC1(C(=O)O)CCCCCC1. The molecule has 0 saturated heterocycles. The first kappa shape index (κ1) is 14.0. The first-order chi connectivity index (χ1) is 9.09. The standard InChI is InChI=1S/C14H23N3O2/c1-3-17-11(2)15-16-12(17)10-14(13(18)19)8-6-4-5-7-9-14/h3-10H2,1-2H3,(H,18,19). The molecule has 0 aromatic carbocycles. The van der Waals surface area contributed by atoms with E-state index in [0.717, 1.165) is 56.7 Å². The fourth-order valence-corrected chi connectivity index (χ4v) is 3.14. The zero-order chi connectivity index (χ0) is 13.9. The average Bonchev–Trinajstić information content (AvgIpc) is 2.60. The van der Waals surface area contributed by atoms with Crippen LogP contribution in [-0.2, 0) is 17.8 Å². The van der Waals surface area contributed by atoms with E-state index in [0.29, 0.717) is 6.42 Å². The van der Waals surface area contributed by atoms with Gasteiger partial charge in [-0.3, -0.25) is 4.79 Å². The molecule has 106 valence electrons. The van der Waals surface area contributed by atoms with Crippen molar-refractivity contribution in [3.63, 3.8) is 0 Å². The summed E-state index contributed by atoms with van der Waals surface area (Å²) in [6.45, 7) is 4.75. The fourth-order valence-electron chi connectivity index (χ4n) is 3.14. The summed E-state index contributed by atoms with van der Waals surface area (Å²) in [5.41, 5.74) is -0.636. The van der Waals surface area contributed by atoms with E-state index in [1.807, 2.05) is 18.4 Å². The van der Waals surface area contributed by atoms with Crippen molar-refractivity contribution in [3.05, 3.63) is 11.6 Å². The van der Waals surface area contributed by atoms with Gasteiger partial charge in [-0.25, -0.2) is 0 Å². The maximum absolute atomic E-state index is 11.8. The Hall–Kier alpha value is -1.39. The van der Waals surface area contributed by atoms with Gasteiger partial charge < -0.3 is 9.67 Å². The Morgan fingerprint density at radius 1 is 1.26 bits per heavy atom. The maximum Gasteiger partial charge on any atom is 0.310 e. The van der Waals surface area contributed by atoms with Gasteiger partial charge in [-0.2, -0.15) is 0 Å². The van der Waals surface area contributed by atoms with E-state index in [2.05, 4.69) is 10.2 Å². The number of aliphatic carboxylic acids is 1. The average molecular weight is 265 g/mol. The fraction of sp³-hybridized carbons (Fsp3) is 0.786. The number of hydrogen-bond donors (Lipinski definition) is 1. The summed E-state index contributed by atoms with van der Waals surface area (Å²) in [6, 6.07) is 0. The summed E-state index contributed by atoms with van der Waals surface area (Å²) in [5.74, 6) is 1.02. The summed E-state index contributed by atoms with van der Waals surface area (Å²) in [7, 11) is 0. The predicted molar refractivity (Wildman–Crippen MR) is 71.9 cm³/mol. The number of nitrogens with zero attached hydrogens (tertiary/aromatic N) is 3. The topological polar surface area (TPSA) is 68.0 Å². The van der Waals surface area contributed by atoms with E-state index in [-0.39, 0.29) is 0 Å². The molecule has 1 aliphatic rings. The third-order valence-corrected chi connectivity index (χ3v) is 4.34. The monoisotopic (exact) mass is 265 g/mol. The highest BCUT2D eigenvalue weighted by Crippen LogP contribution is 2.38. The number of aromatic nitrogens is 3. The van der Waals surface area contributed by atoms with Gasteiger partial charge in [0.2, 0.25) is 0 Å². The third-order valence-electron chi connectivity index (χ3n) is 4.34. The number of hydrogen-bond acceptors (Lipinski definition) is 3. The Labute approximate surface area is 114 Å². The summed E-state index contributed by atoms with van der Waals surface area (Å²) in [4.78, 5) is 11.8. The predicted octanol–water partition coefficient (Wildman–Crippen LogP) is 2.57. The van der Waals surface area contributed by atoms with Crippen molar-refractivity contribution in [3.8, 4) is 0 Å². The quantitative estimate of drug-likeness (QED) is 0.850. The van der Waals surface area contributed by atoms with Crippen molar-refractivity contribution in [2.24, 2.45) is 5.41 Å². The number of carboxylic acids is 1. The van der Waals surface area contributed by atoms with Crippen LogP contribution in [0.5, 0.6) is 0 Å². The lowest BCUT2D eigenvalue weighted by Crippen LogP contribution is -2.34. The van der Waals surface area contributed by atoms with Crippen LogP contribution < -0.4 is 0 Å². The minimum Gasteiger partial charge on any atom is -0.481 e. The molecule has 5 nitrogen and oxygen atoms in total. The Morgan fingerprint density at radius 3 is 2.42 bits per heavy atom. The lowest BCUT2D eigenvalue weighted by molar-refractivity contribution is -0.150. The van der Waals surface area contributed by atoms with Gasteiger partial charge >= 0.3 is 5.97 Å². The summed E-state index contributed by atoms with van der Waals surface area (Å²) >= 11 is 0. The van der Waals surface area contributed by atoms with Gasteiger partial charge in [-0.05, 0) is 26.7 Å². The molecule has 0 atom stereocenters. The van der Waals surface area contributed by atoms with Crippen molar-refractivity contribution >= 4 is 5.97 Å². The first-order valence-corrected chi connectivity index (χ1v) is 7.21. The van der Waals surface area contributed by atoms with Crippen LogP contribution in [0.1, 0.15) is 57.1 Å². The van der Waals surface area contributed by atoms with Crippen LogP contribution in [0.15, 0.2) is 0 Å². The first-order valence-electron chi connectivity index (χ1n) is 7.21. The molecule has 0 radical (unpaired) electrons. The lowest BCUT2D eigenvalue weighted by Gasteiger charge is -2.27. The Balaban J connectivity index is 2.27. The highest BCUT2D eigenvalue weighted by molar-refractivity contribution is 5.75. The number of aryl methyl sites for hydroxylation is 1. The minimum absolute atomic E-state index is 0.511. The van der Waals surface area contributed by atoms with E-state index in [1.165, 1.54) is 0 Å². The van der Waals surface area contributed by atoms with E-state index in [1.54, 1.807) is 0 Å². The molecule has 19 heavy (non-hydrogen) atoms. The highest BCUT2D eigenvalue weighted by Gasteiger charge is 2.40. The van der Waals surface area contributed by atoms with E-state index < -0.39 is 11.4 Å². The maximum atomic E-state index is 11.8. The smallest absolute Gasteiger partial charge is 0.310 e. The molecule has 1 saturated carbocycles. The van der Waals surface area contributed by atoms with Gasteiger partial charge in [0, 0.05) is 13.0 Å². The zero-order valence-corrected chi connectivity index (χ0v) is 11.9. The third kappa shape index (κ3) is 2.80. The van der Waals surface area contributed by atoms with Gasteiger partial charge in [-0.1, -0.05) is 25.7 Å². The lowest BCUT2D eigenvalue weighted by atomic mass is 9.77. The largest absolute Gasteiger partial charge is 0.481 e. The van der Waals surface area contributed by atoms with Gasteiger partial charge in [0.1, 0.15) is 11.6 Å². The summed E-state index contributed by atoms with van der Waals surface area (Å²) in [6.07, 6.45) is 6.34. The summed E-state index contributed by atoms with van der Waals surface area (Å²) < 4.78 is 2.02. The second-order valence-electron chi connectivity index (χ2n) is 5.58. The van der Waals surface area contributed by atoms with Crippen LogP contribution in [0, 0.1) is 12.3 Å².